The standard InChI is InChI=1S/C15H20ClN3O4.C10H12ClN3O2.2CH4/c1-15(2,3)23-14(21)19-7-8-22-9-10(19)13(20)18-12-6-4-5-11(16)17-12;11-8-2-1-3-9(13-8)14-10(15)7-6-16-5-4-12-7;;/h4-6,10H,7-9H2,1-3H3,(H,17,18,20);1-3,7,12H,4-6H2,(H,13,14,15);2*1H4/t10-;7-;;/m00../s1. The van der Waals surface area contributed by atoms with Gasteiger partial charge < -0.3 is 30.2 Å². The van der Waals surface area contributed by atoms with Gasteiger partial charge in [-0.05, 0) is 45.0 Å². The number of anilines is 2. The van der Waals surface area contributed by atoms with Gasteiger partial charge in [0.2, 0.25) is 5.91 Å². The molecule has 12 nitrogen and oxygen atoms in total. The third-order valence-electron chi connectivity index (χ3n) is 5.23. The molecule has 2 aliphatic rings. The van der Waals surface area contributed by atoms with E-state index in [1.165, 1.54) is 4.90 Å². The van der Waals surface area contributed by atoms with Crippen LogP contribution in [0.4, 0.5) is 16.4 Å². The van der Waals surface area contributed by atoms with Gasteiger partial charge in [-0.15, -0.1) is 0 Å². The van der Waals surface area contributed by atoms with E-state index in [0.29, 0.717) is 43.2 Å². The van der Waals surface area contributed by atoms with Gasteiger partial charge in [-0.1, -0.05) is 50.2 Å². The molecule has 0 radical (unpaired) electrons. The monoisotopic (exact) mass is 614 g/mol. The predicted octanol–water partition coefficient (Wildman–Crippen LogP) is 4.24. The average molecular weight is 616 g/mol. The summed E-state index contributed by atoms with van der Waals surface area (Å²) in [7, 11) is 0. The molecule has 0 spiro atoms. The third-order valence-corrected chi connectivity index (χ3v) is 5.65. The highest BCUT2D eigenvalue weighted by Crippen LogP contribution is 2.17. The van der Waals surface area contributed by atoms with Gasteiger partial charge in [0.15, 0.2) is 0 Å². The van der Waals surface area contributed by atoms with Gasteiger partial charge >= 0.3 is 6.09 Å². The van der Waals surface area contributed by atoms with E-state index in [9.17, 15) is 14.4 Å². The van der Waals surface area contributed by atoms with E-state index in [0.717, 1.165) is 0 Å². The van der Waals surface area contributed by atoms with Gasteiger partial charge in [-0.2, -0.15) is 0 Å². The van der Waals surface area contributed by atoms with E-state index in [2.05, 4.69) is 25.9 Å². The van der Waals surface area contributed by atoms with Gasteiger partial charge in [0.05, 0.1) is 26.4 Å². The summed E-state index contributed by atoms with van der Waals surface area (Å²) in [5.41, 5.74) is -0.634. The van der Waals surface area contributed by atoms with Crippen molar-refractivity contribution in [3.05, 3.63) is 46.7 Å². The van der Waals surface area contributed by atoms with Crippen LogP contribution in [0.2, 0.25) is 10.3 Å². The number of amides is 3. The van der Waals surface area contributed by atoms with Crippen LogP contribution in [0.1, 0.15) is 35.6 Å². The summed E-state index contributed by atoms with van der Waals surface area (Å²) >= 11 is 11.5. The van der Waals surface area contributed by atoms with Crippen molar-refractivity contribution in [3.8, 4) is 0 Å². The van der Waals surface area contributed by atoms with Crippen molar-refractivity contribution in [1.29, 1.82) is 0 Å². The van der Waals surface area contributed by atoms with Crippen molar-refractivity contribution in [2.75, 3.05) is 50.2 Å². The number of pyridine rings is 2. The molecule has 4 rings (SSSR count). The van der Waals surface area contributed by atoms with Crippen molar-refractivity contribution >= 4 is 52.7 Å². The van der Waals surface area contributed by atoms with Crippen LogP contribution in [0.5, 0.6) is 0 Å². The van der Waals surface area contributed by atoms with E-state index >= 15 is 0 Å². The van der Waals surface area contributed by atoms with Crippen molar-refractivity contribution in [1.82, 2.24) is 20.2 Å². The second-order valence-electron chi connectivity index (χ2n) is 9.52. The van der Waals surface area contributed by atoms with Gasteiger partial charge in [-0.25, -0.2) is 14.8 Å². The molecule has 0 aliphatic carbocycles. The fraction of sp³-hybridized carbons (Fsp3) is 0.519. The van der Waals surface area contributed by atoms with Crippen molar-refractivity contribution < 1.29 is 28.6 Å². The number of nitrogens with one attached hydrogen (secondary N) is 3. The number of halogens is 2. The topological polar surface area (TPSA) is 144 Å². The van der Waals surface area contributed by atoms with Crippen LogP contribution < -0.4 is 16.0 Å². The number of hydrogen-bond acceptors (Lipinski definition) is 9. The maximum Gasteiger partial charge on any atom is 0.411 e. The zero-order valence-corrected chi connectivity index (χ0v) is 23.4. The number of carbonyl (C=O) groups is 3. The molecule has 0 bridgehead atoms. The Morgan fingerprint density at radius 3 is 2.00 bits per heavy atom. The Bertz CT molecular complexity index is 1140. The Balaban J connectivity index is 0.000000413. The zero-order chi connectivity index (χ0) is 28.4. The summed E-state index contributed by atoms with van der Waals surface area (Å²) < 4.78 is 15.9. The highest BCUT2D eigenvalue weighted by atomic mass is 35.5. The molecule has 0 aromatic carbocycles. The Kier molecular flexibility index (Phi) is 15.0. The molecule has 4 heterocycles. The number of aromatic nitrogens is 2. The first-order valence-electron chi connectivity index (χ1n) is 12.3. The number of morpholine rings is 2. The molecule has 0 saturated carbocycles. The summed E-state index contributed by atoms with van der Waals surface area (Å²) in [6, 6.07) is 8.86. The lowest BCUT2D eigenvalue weighted by Gasteiger charge is -2.35. The van der Waals surface area contributed by atoms with E-state index in [1.807, 2.05) is 0 Å². The molecule has 2 atom stereocenters. The van der Waals surface area contributed by atoms with Crippen LogP contribution >= 0.6 is 23.2 Å². The highest BCUT2D eigenvalue weighted by Gasteiger charge is 2.35. The largest absolute Gasteiger partial charge is 0.444 e. The molecule has 3 N–H and O–H groups in total. The molecule has 2 saturated heterocycles. The van der Waals surface area contributed by atoms with Crippen molar-refractivity contribution in [2.45, 2.75) is 53.3 Å². The summed E-state index contributed by atoms with van der Waals surface area (Å²) in [5.74, 6) is 0.210. The maximum absolute atomic E-state index is 12.4. The molecular weight excluding hydrogens is 575 g/mol. The first-order valence-corrected chi connectivity index (χ1v) is 13.0. The molecule has 2 aromatic heterocycles. The highest BCUT2D eigenvalue weighted by molar-refractivity contribution is 6.29. The van der Waals surface area contributed by atoms with Crippen LogP contribution in [0.3, 0.4) is 0 Å². The summed E-state index contributed by atoms with van der Waals surface area (Å²) in [4.78, 5) is 45.8. The molecule has 228 valence electrons. The van der Waals surface area contributed by atoms with Crippen LogP contribution in [0.25, 0.3) is 0 Å². The lowest BCUT2D eigenvalue weighted by Crippen LogP contribution is -2.55. The third kappa shape index (κ3) is 12.2. The normalized spacial score (nSPS) is 18.3. The summed E-state index contributed by atoms with van der Waals surface area (Å²) in [5, 5.41) is 8.99. The van der Waals surface area contributed by atoms with Crippen LogP contribution in [0, 0.1) is 0 Å². The Hall–Kier alpha value is -3.03. The molecule has 2 fully saturated rings. The fourth-order valence-electron chi connectivity index (χ4n) is 3.47. The molecule has 2 aliphatic heterocycles. The molecule has 2 aromatic rings. The minimum Gasteiger partial charge on any atom is -0.444 e. The maximum atomic E-state index is 12.4. The SMILES string of the molecule is C.C.CC(C)(C)OC(=O)N1CCOC[C@H]1C(=O)Nc1cccc(Cl)n1.O=C(Nc1cccc(Cl)n1)[C@@H]1COCCN1. The zero-order valence-electron chi connectivity index (χ0n) is 21.9. The van der Waals surface area contributed by atoms with E-state index in [4.69, 9.17) is 37.4 Å². The van der Waals surface area contributed by atoms with Crippen LogP contribution in [0.15, 0.2) is 36.4 Å². The minimum absolute atomic E-state index is 0. The fourth-order valence-corrected chi connectivity index (χ4v) is 3.80. The van der Waals surface area contributed by atoms with Crippen LogP contribution in [-0.2, 0) is 23.8 Å². The first-order chi connectivity index (χ1) is 18.5. The predicted molar refractivity (Wildman–Crippen MR) is 159 cm³/mol. The van der Waals surface area contributed by atoms with Gasteiger partial charge in [-0.3, -0.25) is 14.5 Å². The van der Waals surface area contributed by atoms with Crippen molar-refractivity contribution in [3.63, 3.8) is 0 Å². The molecule has 14 heteroatoms. The first kappa shape index (κ1) is 36.0. The number of rotatable bonds is 4. The number of hydrogen-bond donors (Lipinski definition) is 3. The second-order valence-corrected chi connectivity index (χ2v) is 10.3. The number of carbonyl (C=O) groups excluding carboxylic acids is 3. The molecular formula is C27H40Cl2N6O6. The van der Waals surface area contributed by atoms with Gasteiger partial charge in [0.25, 0.3) is 5.91 Å². The number of nitrogens with zero attached hydrogens (tertiary/aromatic N) is 3. The Labute approximate surface area is 251 Å². The number of ether oxygens (including phenoxy) is 3. The summed E-state index contributed by atoms with van der Waals surface area (Å²) in [6.07, 6.45) is -0.542. The average Bonchev–Trinajstić information content (AvgIpc) is 2.88. The smallest absolute Gasteiger partial charge is 0.411 e. The molecule has 41 heavy (non-hydrogen) atoms. The second kappa shape index (κ2) is 17.0. The Morgan fingerprint density at radius 1 is 0.927 bits per heavy atom. The lowest BCUT2D eigenvalue weighted by molar-refractivity contribution is -0.127. The lowest BCUT2D eigenvalue weighted by atomic mass is 10.2. The van der Waals surface area contributed by atoms with Gasteiger partial charge in [0, 0.05) is 13.1 Å². The van der Waals surface area contributed by atoms with Crippen molar-refractivity contribution in [2.24, 2.45) is 0 Å². The minimum atomic E-state index is -0.778. The van der Waals surface area contributed by atoms with E-state index in [1.54, 1.807) is 57.2 Å². The quantitative estimate of drug-likeness (QED) is 0.430. The molecule has 0 unspecified atom stereocenters. The van der Waals surface area contributed by atoms with E-state index < -0.39 is 23.6 Å². The molecule has 3 amide bonds. The summed E-state index contributed by atoms with van der Waals surface area (Å²) in [6.45, 7) is 7.77. The van der Waals surface area contributed by atoms with Gasteiger partial charge in [0.1, 0.15) is 39.6 Å². The van der Waals surface area contributed by atoms with Crippen LogP contribution in [-0.4, -0.2) is 90.0 Å². The van der Waals surface area contributed by atoms with E-state index in [-0.39, 0.29) is 45.1 Å². The Morgan fingerprint density at radius 2 is 1.49 bits per heavy atom.